The molecule has 0 fully saturated rings. The van der Waals surface area contributed by atoms with Gasteiger partial charge >= 0.3 is 0 Å². The highest BCUT2D eigenvalue weighted by Crippen LogP contribution is 2.32. The molecule has 0 aromatic heterocycles. The minimum absolute atomic E-state index is 0.784. The van der Waals surface area contributed by atoms with Gasteiger partial charge in [-0.25, -0.2) is 0 Å². The number of alkyl halides is 1. The van der Waals surface area contributed by atoms with Crippen LogP contribution in [-0.4, -0.2) is 0 Å². The van der Waals surface area contributed by atoms with E-state index >= 15 is 0 Å². The Hall–Kier alpha value is -0.800. The van der Waals surface area contributed by atoms with Crippen molar-refractivity contribution in [1.82, 2.24) is 0 Å². The predicted molar refractivity (Wildman–Crippen MR) is 85.3 cm³/mol. The van der Waals surface area contributed by atoms with E-state index in [1.807, 2.05) is 12.1 Å². The second-order valence-electron chi connectivity index (χ2n) is 4.77. The van der Waals surface area contributed by atoms with Crippen LogP contribution in [0.5, 0.6) is 11.5 Å². The minimum atomic E-state index is 0.784. The van der Waals surface area contributed by atoms with Gasteiger partial charge in [0.15, 0.2) is 0 Å². The molecule has 0 heterocycles. The number of hydrogen-bond donors (Lipinski definition) is 0. The van der Waals surface area contributed by atoms with Crippen LogP contribution in [0.4, 0.5) is 0 Å². The number of benzene rings is 2. The maximum absolute atomic E-state index is 6.03. The van der Waals surface area contributed by atoms with Gasteiger partial charge in [-0.2, -0.15) is 0 Å². The first kappa shape index (κ1) is 13.2. The summed E-state index contributed by atoms with van der Waals surface area (Å²) in [5, 5.41) is 0.784. The lowest BCUT2D eigenvalue weighted by molar-refractivity contribution is 0.478. The third-order valence-corrected chi connectivity index (χ3v) is 4.56. The van der Waals surface area contributed by atoms with Crippen LogP contribution in [0.15, 0.2) is 40.9 Å². The Labute approximate surface area is 130 Å². The second-order valence-corrected chi connectivity index (χ2v) is 6.25. The molecule has 3 rings (SSSR count). The van der Waals surface area contributed by atoms with Gasteiger partial charge in [-0.15, -0.1) is 0 Å². The normalized spacial score (nSPS) is 13.4. The van der Waals surface area contributed by atoms with Crippen molar-refractivity contribution in [3.8, 4) is 11.5 Å². The molecule has 98 valence electrons. The number of halogens is 2. The van der Waals surface area contributed by atoms with Gasteiger partial charge in [0.2, 0.25) is 0 Å². The van der Waals surface area contributed by atoms with Crippen molar-refractivity contribution in [3.05, 3.63) is 57.6 Å². The molecule has 0 saturated carbocycles. The monoisotopic (exact) mass is 380 g/mol. The summed E-state index contributed by atoms with van der Waals surface area (Å²) in [5.74, 6) is 1.85. The van der Waals surface area contributed by atoms with Crippen molar-refractivity contribution in [2.45, 2.75) is 24.6 Å². The maximum atomic E-state index is 6.03. The van der Waals surface area contributed by atoms with E-state index in [0.717, 1.165) is 26.9 Å². The summed E-state index contributed by atoms with van der Waals surface area (Å²) in [4.78, 5) is 0. The molecular weight excluding hydrogens is 368 g/mol. The standard InChI is InChI=1S/C16H14Br2O/c17-10-13-8-14(18)5-7-16(13)19-15-6-4-11-2-1-3-12(11)9-15/h4-9H,1-3,10H2. The minimum Gasteiger partial charge on any atom is -0.457 e. The first-order valence-corrected chi connectivity index (χ1v) is 8.32. The van der Waals surface area contributed by atoms with Crippen molar-refractivity contribution in [2.75, 3.05) is 0 Å². The van der Waals surface area contributed by atoms with Gasteiger partial charge in [0.05, 0.1) is 0 Å². The lowest BCUT2D eigenvalue weighted by Gasteiger charge is -2.11. The average Bonchev–Trinajstić information content (AvgIpc) is 2.88. The van der Waals surface area contributed by atoms with E-state index in [4.69, 9.17) is 4.74 Å². The van der Waals surface area contributed by atoms with Crippen molar-refractivity contribution in [1.29, 1.82) is 0 Å². The summed E-state index contributed by atoms with van der Waals surface area (Å²) >= 11 is 6.99. The van der Waals surface area contributed by atoms with Crippen molar-refractivity contribution in [3.63, 3.8) is 0 Å². The zero-order valence-corrected chi connectivity index (χ0v) is 13.6. The van der Waals surface area contributed by atoms with Crippen LogP contribution in [0.3, 0.4) is 0 Å². The van der Waals surface area contributed by atoms with Crippen LogP contribution in [-0.2, 0) is 18.2 Å². The third-order valence-electron chi connectivity index (χ3n) is 3.46. The highest BCUT2D eigenvalue weighted by atomic mass is 79.9. The molecule has 0 unspecified atom stereocenters. The SMILES string of the molecule is BrCc1cc(Br)ccc1Oc1ccc2c(c1)CCC2. The lowest BCUT2D eigenvalue weighted by Crippen LogP contribution is -1.91. The molecule has 0 saturated heterocycles. The molecule has 0 amide bonds. The third kappa shape index (κ3) is 2.87. The Balaban J connectivity index is 1.89. The largest absolute Gasteiger partial charge is 0.457 e. The number of hydrogen-bond acceptors (Lipinski definition) is 1. The number of rotatable bonds is 3. The molecule has 1 nitrogen and oxygen atoms in total. The lowest BCUT2D eigenvalue weighted by atomic mass is 10.1. The van der Waals surface area contributed by atoms with E-state index in [2.05, 4.69) is 56.1 Å². The maximum Gasteiger partial charge on any atom is 0.131 e. The summed E-state index contributed by atoms with van der Waals surface area (Å²) in [5.41, 5.74) is 4.06. The Bertz CT molecular complexity index is 608. The van der Waals surface area contributed by atoms with E-state index in [0.29, 0.717) is 0 Å². The molecule has 19 heavy (non-hydrogen) atoms. The number of fused-ring (bicyclic) bond motifs is 1. The quantitative estimate of drug-likeness (QED) is 0.626. The van der Waals surface area contributed by atoms with Gasteiger partial charge in [0.1, 0.15) is 11.5 Å². The molecule has 0 spiro atoms. The van der Waals surface area contributed by atoms with E-state index < -0.39 is 0 Å². The molecular formula is C16H14Br2O. The van der Waals surface area contributed by atoms with E-state index in [1.165, 1.54) is 30.4 Å². The van der Waals surface area contributed by atoms with Gasteiger partial charge in [-0.3, -0.25) is 0 Å². The molecule has 0 bridgehead atoms. The zero-order chi connectivity index (χ0) is 13.2. The molecule has 0 atom stereocenters. The van der Waals surface area contributed by atoms with Crippen molar-refractivity contribution >= 4 is 31.9 Å². The Morgan fingerprint density at radius 3 is 2.68 bits per heavy atom. The van der Waals surface area contributed by atoms with Crippen LogP contribution in [0, 0.1) is 0 Å². The zero-order valence-electron chi connectivity index (χ0n) is 10.5. The molecule has 3 heteroatoms. The predicted octanol–water partition coefficient (Wildman–Crippen LogP) is 5.63. The molecule has 0 aliphatic heterocycles. The highest BCUT2D eigenvalue weighted by molar-refractivity contribution is 9.10. The first-order chi connectivity index (χ1) is 9.26. The van der Waals surface area contributed by atoms with E-state index in [9.17, 15) is 0 Å². The highest BCUT2D eigenvalue weighted by Gasteiger charge is 2.12. The summed E-state index contributed by atoms with van der Waals surface area (Å²) in [6.45, 7) is 0. The summed E-state index contributed by atoms with van der Waals surface area (Å²) in [6, 6.07) is 12.6. The molecule has 2 aromatic carbocycles. The van der Waals surface area contributed by atoms with Gasteiger partial charge in [0.25, 0.3) is 0 Å². The van der Waals surface area contributed by atoms with Crippen LogP contribution in [0.2, 0.25) is 0 Å². The molecule has 0 N–H and O–H groups in total. The molecule has 1 aliphatic carbocycles. The summed E-state index contributed by atoms with van der Waals surface area (Å²) < 4.78 is 7.10. The molecule has 1 aliphatic rings. The van der Waals surface area contributed by atoms with E-state index in [-0.39, 0.29) is 0 Å². The summed E-state index contributed by atoms with van der Waals surface area (Å²) in [7, 11) is 0. The average molecular weight is 382 g/mol. The fraction of sp³-hybridized carbons (Fsp3) is 0.250. The van der Waals surface area contributed by atoms with Crippen LogP contribution in [0.25, 0.3) is 0 Å². The number of aryl methyl sites for hydroxylation is 2. The van der Waals surface area contributed by atoms with Crippen molar-refractivity contribution in [2.24, 2.45) is 0 Å². The van der Waals surface area contributed by atoms with Crippen molar-refractivity contribution < 1.29 is 4.74 Å². The Morgan fingerprint density at radius 2 is 1.84 bits per heavy atom. The van der Waals surface area contributed by atoms with Crippen LogP contribution < -0.4 is 4.74 Å². The smallest absolute Gasteiger partial charge is 0.131 e. The first-order valence-electron chi connectivity index (χ1n) is 6.40. The van der Waals surface area contributed by atoms with Gasteiger partial charge in [-0.05, 0) is 60.7 Å². The second kappa shape index (κ2) is 5.68. The van der Waals surface area contributed by atoms with Gasteiger partial charge < -0.3 is 4.74 Å². The fourth-order valence-electron chi connectivity index (χ4n) is 2.49. The molecule has 2 aromatic rings. The topological polar surface area (TPSA) is 9.23 Å². The van der Waals surface area contributed by atoms with Gasteiger partial charge in [0, 0.05) is 15.4 Å². The van der Waals surface area contributed by atoms with Crippen LogP contribution >= 0.6 is 31.9 Å². The van der Waals surface area contributed by atoms with Gasteiger partial charge in [-0.1, -0.05) is 37.9 Å². The fourth-order valence-corrected chi connectivity index (χ4v) is 3.34. The van der Waals surface area contributed by atoms with Crippen LogP contribution in [0.1, 0.15) is 23.1 Å². The molecule has 0 radical (unpaired) electrons. The number of ether oxygens (including phenoxy) is 1. The Morgan fingerprint density at radius 1 is 1.00 bits per heavy atom. The van der Waals surface area contributed by atoms with E-state index in [1.54, 1.807) is 0 Å². The summed E-state index contributed by atoms with van der Waals surface area (Å²) in [6.07, 6.45) is 3.66. The Kier molecular flexibility index (Phi) is 3.94.